The van der Waals surface area contributed by atoms with E-state index in [1.54, 1.807) is 0 Å². The van der Waals surface area contributed by atoms with Crippen LogP contribution in [-0.4, -0.2) is 139 Å². The van der Waals surface area contributed by atoms with Crippen molar-refractivity contribution >= 4 is 72.8 Å². The van der Waals surface area contributed by atoms with E-state index in [1.807, 2.05) is 0 Å². The van der Waals surface area contributed by atoms with E-state index in [1.165, 1.54) is 0 Å². The van der Waals surface area contributed by atoms with Gasteiger partial charge in [-0.15, -0.1) is 0 Å². The molecular weight excluding hydrogens is 979 g/mol. The molecule has 2 aliphatic heterocycles. The predicted molar refractivity (Wildman–Crippen MR) is 160 cm³/mol. The molecule has 2 fully saturated rings. The second-order valence-electron chi connectivity index (χ2n) is 9.65. The van der Waals surface area contributed by atoms with Gasteiger partial charge in [0.15, 0.2) is 18.5 Å². The molecule has 0 aromatic rings. The zero-order chi connectivity index (χ0) is 44.8. The highest BCUT2D eigenvalue weighted by Crippen LogP contribution is 2.43. The van der Waals surface area contributed by atoms with E-state index < -0.39 is 147 Å². The molecule has 58 heavy (non-hydrogen) atoms. The Morgan fingerprint density at radius 3 is 1.28 bits per heavy atom. The average Bonchev–Trinajstić information content (AvgIpc) is 3.42. The normalized spacial score (nSPS) is 29.4. The van der Waals surface area contributed by atoms with E-state index in [9.17, 15) is 64.0 Å². The van der Waals surface area contributed by atoms with Crippen molar-refractivity contribution in [2.75, 3.05) is 19.8 Å². The maximum absolute atomic E-state index is 12.5. The quantitative estimate of drug-likeness (QED) is 0.0373. The Balaban J connectivity index is 3.13. The van der Waals surface area contributed by atoms with Gasteiger partial charge >= 0.3 is 72.8 Å². The Labute approximate surface area is 325 Å². The van der Waals surface area contributed by atoms with Crippen molar-refractivity contribution in [2.24, 2.45) is 41.3 Å². The van der Waals surface area contributed by atoms with Crippen LogP contribution in [-0.2, 0) is 146 Å². The van der Waals surface area contributed by atoms with Gasteiger partial charge in [0.05, 0.1) is 13.2 Å². The molecule has 0 bridgehead atoms. The van der Waals surface area contributed by atoms with Crippen LogP contribution in [0.4, 0.5) is 0 Å². The molecule has 0 aliphatic carbocycles. The van der Waals surface area contributed by atoms with Crippen molar-refractivity contribution in [1.29, 1.82) is 0 Å². The van der Waals surface area contributed by atoms with Gasteiger partial charge in [-0.2, -0.15) is 130 Å². The fourth-order valence-corrected chi connectivity index (χ4v) is 7.66. The van der Waals surface area contributed by atoms with Crippen molar-refractivity contribution < 1.29 is 138 Å². The number of nitrogens with two attached hydrogens (primary N) is 7. The second-order valence-corrected chi connectivity index (χ2v) is 18.1. The third kappa shape index (κ3) is 14.6. The van der Waals surface area contributed by atoms with Crippen LogP contribution in [0.1, 0.15) is 0 Å². The topological polar surface area (TPSA) is 598 Å². The van der Waals surface area contributed by atoms with Crippen LogP contribution in [0.25, 0.3) is 0 Å². The molecule has 0 amide bonds. The zero-order valence-electron chi connectivity index (χ0n) is 27.2. The highest BCUT2D eigenvalue weighted by molar-refractivity contribution is 7.83. The highest BCUT2D eigenvalue weighted by Gasteiger charge is 2.65. The maximum Gasteiger partial charge on any atom is 0.416 e. The first-order valence-corrected chi connectivity index (χ1v) is 22.5. The Bertz CT molecular complexity index is 2170. The molecule has 15 N–H and O–H groups in total. The number of aliphatic hydroxyl groups excluding tert-OH is 1. The van der Waals surface area contributed by atoms with Crippen LogP contribution >= 0.6 is 0 Å². The monoisotopic (exact) mass is 1010 g/mol. The summed E-state index contributed by atoms with van der Waals surface area (Å²) in [5, 5.41) is 10.0. The molecule has 9 atom stereocenters. The van der Waals surface area contributed by atoms with Crippen molar-refractivity contribution in [3.8, 4) is 0 Å². The first kappa shape index (κ1) is 52.8. The maximum atomic E-state index is 12.5. The zero-order valence-corrected chi connectivity index (χ0v) is 33.0. The first-order chi connectivity index (χ1) is 26.4. The van der Waals surface area contributed by atoms with Gasteiger partial charge in [0.1, 0.15) is 37.1 Å². The van der Waals surface area contributed by atoms with E-state index in [4.69, 9.17) is 14.2 Å². The molecule has 0 aromatic carbocycles. The molecule has 2 rings (SSSR count). The van der Waals surface area contributed by atoms with Gasteiger partial charge in [0, 0.05) is 0 Å². The Morgan fingerprint density at radius 2 is 0.845 bits per heavy atom. The van der Waals surface area contributed by atoms with Gasteiger partial charge in [-0.3, -0.25) is 0 Å². The number of hydrogen-bond donors (Lipinski definition) is 8. The van der Waals surface area contributed by atoms with Gasteiger partial charge in [-0.05, 0) is 0 Å². The summed E-state index contributed by atoms with van der Waals surface area (Å²) in [5.41, 5.74) is 0. The number of ether oxygens (including phenoxy) is 3. The summed E-state index contributed by atoms with van der Waals surface area (Å²) in [7, 11) is -39.8. The highest BCUT2D eigenvalue weighted by atomic mass is 32.3. The summed E-state index contributed by atoms with van der Waals surface area (Å²) < 4.78 is 245. The molecule has 39 nitrogen and oxygen atoms in total. The van der Waals surface area contributed by atoms with Crippen LogP contribution < -0.4 is 41.3 Å². The minimum Gasteiger partial charge on any atom is -0.394 e. The van der Waals surface area contributed by atoms with Crippen molar-refractivity contribution in [3.63, 3.8) is 0 Å². The number of rotatable bonds is 26. The second kappa shape index (κ2) is 20.2. The summed E-state index contributed by atoms with van der Waals surface area (Å²) in [4.78, 5) is 0. The molecule has 0 aromatic heterocycles. The summed E-state index contributed by atoms with van der Waals surface area (Å²) in [6, 6.07) is 0. The van der Waals surface area contributed by atoms with Crippen LogP contribution in [0.15, 0.2) is 0 Å². The molecule has 0 spiro atoms. The molecule has 346 valence electrons. The summed E-state index contributed by atoms with van der Waals surface area (Å²) in [5.74, 6) is 28.5. The molecule has 46 heteroatoms. The van der Waals surface area contributed by atoms with E-state index in [2.05, 4.69) is 101 Å². The van der Waals surface area contributed by atoms with E-state index in [-0.39, 0.29) is 0 Å². The van der Waals surface area contributed by atoms with Crippen molar-refractivity contribution in [1.82, 2.24) is 0 Å². The van der Waals surface area contributed by atoms with Gasteiger partial charge in [-0.25, -0.2) is 29.3 Å². The fourth-order valence-electron chi connectivity index (χ4n) is 4.24. The van der Waals surface area contributed by atoms with Gasteiger partial charge in [-0.1, -0.05) is 0 Å². The van der Waals surface area contributed by atoms with Crippen LogP contribution in [0.5, 0.6) is 0 Å². The predicted octanol–water partition coefficient (Wildman–Crippen LogP) is -11.3. The largest absolute Gasteiger partial charge is 0.416 e. The van der Waals surface area contributed by atoms with E-state index in [0.29, 0.717) is 0 Å². The number of hydrogen-bond acceptors (Lipinski definition) is 39. The molecular formula is C12H29N7O32S7. The molecule has 2 saturated heterocycles. The average molecular weight is 1010 g/mol. The third-order valence-corrected chi connectivity index (χ3v) is 11.0. The summed E-state index contributed by atoms with van der Waals surface area (Å²) >= 11 is 0. The molecule has 2 aliphatic rings. The summed E-state index contributed by atoms with van der Waals surface area (Å²) in [6.07, 6.45) is -23.9. The Kier molecular flexibility index (Phi) is 18.4. The van der Waals surface area contributed by atoms with Crippen LogP contribution in [0.3, 0.4) is 0 Å². The summed E-state index contributed by atoms with van der Waals surface area (Å²) in [6.45, 7) is -5.46. The van der Waals surface area contributed by atoms with Gasteiger partial charge < -0.3 is 19.3 Å². The molecule has 0 unspecified atom stereocenters. The van der Waals surface area contributed by atoms with Gasteiger partial charge in [0.25, 0.3) is 0 Å². The van der Waals surface area contributed by atoms with Crippen LogP contribution in [0, 0.1) is 0 Å². The van der Waals surface area contributed by atoms with E-state index >= 15 is 0 Å². The minimum atomic E-state index is -5.87. The lowest BCUT2D eigenvalue weighted by Crippen LogP contribution is -2.66. The SMILES string of the molecule is NOS(=O)(=O)OC[C@H]1O[C@H](O[C@@]2(COS(=O)(=O)ON)O[C@H](CO)[C@@H](OS(=O)(=O)ON)[C@@H]2OS(=O)(=O)ON)[C@H](OS(=O)(=O)ON)[C@@H](OS(=O)(=O)ON)[C@@H]1OS(=O)(=O)ON. The molecule has 0 saturated carbocycles. The standard InChI is InChI=1S/C12H29N7O32S7/c13-45-52(21,22)35-2-5-6(40-54(25,26)47-15)8(42-56(29,30)49-17)9(43-57(31,32)50-18)11(37-5)39-12(3-36-53(23,24)46-14)10(44-58(33,34)51-19)7(4(1-20)38-12)41-55(27,28)48-16/h4-11,20H,1-3,13-19H2/t4-,5-,6-,7-,8+,9-,10+,11-,12-/m1/s1. The Hall–Kier alpha value is -1.35. The van der Waals surface area contributed by atoms with Gasteiger partial charge in [0.2, 0.25) is 5.79 Å². The lowest BCUT2D eigenvalue weighted by Gasteiger charge is -2.46. The smallest absolute Gasteiger partial charge is 0.394 e. The van der Waals surface area contributed by atoms with Crippen molar-refractivity contribution in [2.45, 2.75) is 54.8 Å². The lowest BCUT2D eigenvalue weighted by atomic mass is 9.99. The minimum absolute atomic E-state index is 1.58. The van der Waals surface area contributed by atoms with E-state index in [0.717, 1.165) is 0 Å². The van der Waals surface area contributed by atoms with Crippen molar-refractivity contribution in [3.05, 3.63) is 0 Å². The fraction of sp³-hybridized carbons (Fsp3) is 1.00. The van der Waals surface area contributed by atoms with Crippen LogP contribution in [0.2, 0.25) is 0 Å². The molecule has 2 heterocycles. The lowest BCUT2D eigenvalue weighted by molar-refractivity contribution is -0.374. The number of aliphatic hydroxyl groups is 1. The third-order valence-electron chi connectivity index (χ3n) is 6.28. The molecule has 0 radical (unpaired) electrons. The Morgan fingerprint density at radius 1 is 0.466 bits per heavy atom. The first-order valence-electron chi connectivity index (χ1n) is 13.2.